The Kier molecular flexibility index (Phi) is 4.95. The molecule has 26 heavy (non-hydrogen) atoms. The van der Waals surface area contributed by atoms with Gasteiger partial charge >= 0.3 is 0 Å². The van der Waals surface area contributed by atoms with Gasteiger partial charge in [-0.3, -0.25) is 4.79 Å². The number of hydrogen-bond acceptors (Lipinski definition) is 4. The van der Waals surface area contributed by atoms with E-state index in [1.165, 1.54) is 5.56 Å². The van der Waals surface area contributed by atoms with Gasteiger partial charge in [0, 0.05) is 19.2 Å². The van der Waals surface area contributed by atoms with Crippen LogP contribution in [-0.4, -0.2) is 37.3 Å². The van der Waals surface area contributed by atoms with Crippen LogP contribution in [0.3, 0.4) is 0 Å². The highest BCUT2D eigenvalue weighted by Crippen LogP contribution is 2.35. The molecule has 2 aromatic carbocycles. The van der Waals surface area contributed by atoms with Gasteiger partial charge in [0.25, 0.3) is 5.91 Å². The molecule has 0 saturated carbocycles. The fourth-order valence-corrected chi connectivity index (χ4v) is 3.54. The maximum absolute atomic E-state index is 12.4. The zero-order valence-electron chi connectivity index (χ0n) is 14.7. The molecule has 0 bridgehead atoms. The molecule has 1 fully saturated rings. The molecule has 0 aliphatic carbocycles. The van der Waals surface area contributed by atoms with Crippen LogP contribution < -0.4 is 14.2 Å². The average Bonchev–Trinajstić information content (AvgIpc) is 3.15. The molecule has 2 aromatic rings. The van der Waals surface area contributed by atoms with Gasteiger partial charge in [-0.25, -0.2) is 0 Å². The van der Waals surface area contributed by atoms with Crippen molar-refractivity contribution in [1.29, 1.82) is 0 Å². The predicted octanol–water partition coefficient (Wildman–Crippen LogP) is 3.28. The molecule has 5 heteroatoms. The minimum absolute atomic E-state index is 0.0424. The summed E-state index contributed by atoms with van der Waals surface area (Å²) in [6, 6.07) is 15.9. The highest BCUT2D eigenvalue weighted by atomic mass is 16.7. The Morgan fingerprint density at radius 3 is 2.62 bits per heavy atom. The Morgan fingerprint density at radius 2 is 1.81 bits per heavy atom. The zero-order valence-corrected chi connectivity index (χ0v) is 14.7. The van der Waals surface area contributed by atoms with E-state index in [1.807, 2.05) is 11.0 Å². The topological polar surface area (TPSA) is 48.0 Å². The number of likely N-dealkylation sites (tertiary alicyclic amines) is 1. The second kappa shape index (κ2) is 7.68. The number of hydrogen-bond donors (Lipinski definition) is 0. The third-order valence-electron chi connectivity index (χ3n) is 5.04. The molecule has 1 saturated heterocycles. The Hall–Kier alpha value is -2.69. The van der Waals surface area contributed by atoms with Crippen molar-refractivity contribution in [2.24, 2.45) is 5.92 Å². The van der Waals surface area contributed by atoms with E-state index in [1.54, 1.807) is 18.2 Å². The lowest BCUT2D eigenvalue weighted by atomic mass is 9.90. The second-order valence-electron chi connectivity index (χ2n) is 6.82. The molecular formula is C21H23NO4. The lowest BCUT2D eigenvalue weighted by Crippen LogP contribution is -2.41. The number of fused-ring (bicyclic) bond motifs is 1. The molecule has 0 spiro atoms. The van der Waals surface area contributed by atoms with Crippen molar-refractivity contribution in [2.75, 3.05) is 26.5 Å². The van der Waals surface area contributed by atoms with Crippen LogP contribution in [0, 0.1) is 5.92 Å². The summed E-state index contributed by atoms with van der Waals surface area (Å²) >= 11 is 0. The maximum Gasteiger partial charge on any atom is 0.260 e. The van der Waals surface area contributed by atoms with E-state index in [-0.39, 0.29) is 19.3 Å². The van der Waals surface area contributed by atoms with Gasteiger partial charge < -0.3 is 19.1 Å². The normalized spacial score (nSPS) is 16.5. The first-order chi connectivity index (χ1) is 12.8. The van der Waals surface area contributed by atoms with Gasteiger partial charge in [0.15, 0.2) is 18.1 Å². The van der Waals surface area contributed by atoms with Crippen molar-refractivity contribution >= 4 is 5.91 Å². The van der Waals surface area contributed by atoms with Crippen LogP contribution in [0.2, 0.25) is 0 Å². The minimum Gasteiger partial charge on any atom is -0.484 e. The Morgan fingerprint density at radius 1 is 1.04 bits per heavy atom. The molecular weight excluding hydrogens is 330 g/mol. The number of carbonyl (C=O) groups excluding carboxylic acids is 1. The van der Waals surface area contributed by atoms with Gasteiger partial charge in [-0.2, -0.15) is 0 Å². The first-order valence-corrected chi connectivity index (χ1v) is 9.12. The van der Waals surface area contributed by atoms with Crippen molar-refractivity contribution < 1.29 is 19.0 Å². The zero-order chi connectivity index (χ0) is 17.8. The fourth-order valence-electron chi connectivity index (χ4n) is 3.54. The standard InChI is InChI=1S/C21H23NO4/c23-21(14-24-18-6-7-19-20(13-18)26-15-25-19)22-10-8-17(9-11-22)12-16-4-2-1-3-5-16/h1-7,13,17H,8-12,14-15H2. The van der Waals surface area contributed by atoms with E-state index in [0.29, 0.717) is 23.2 Å². The highest BCUT2D eigenvalue weighted by Gasteiger charge is 2.23. The number of nitrogens with zero attached hydrogens (tertiary/aromatic N) is 1. The third kappa shape index (κ3) is 3.93. The van der Waals surface area contributed by atoms with E-state index in [9.17, 15) is 4.79 Å². The van der Waals surface area contributed by atoms with Gasteiger partial charge in [-0.1, -0.05) is 30.3 Å². The number of ether oxygens (including phenoxy) is 3. The predicted molar refractivity (Wildman–Crippen MR) is 97.5 cm³/mol. The summed E-state index contributed by atoms with van der Waals surface area (Å²) in [7, 11) is 0. The molecule has 0 aromatic heterocycles. The first-order valence-electron chi connectivity index (χ1n) is 9.12. The van der Waals surface area contributed by atoms with Crippen LogP contribution in [0.4, 0.5) is 0 Å². The summed E-state index contributed by atoms with van der Waals surface area (Å²) in [5.41, 5.74) is 1.38. The molecule has 2 heterocycles. The molecule has 1 amide bonds. The van der Waals surface area contributed by atoms with Gasteiger partial charge in [-0.05, 0) is 42.9 Å². The van der Waals surface area contributed by atoms with E-state index < -0.39 is 0 Å². The Bertz CT molecular complexity index is 754. The summed E-state index contributed by atoms with van der Waals surface area (Å²) in [6.07, 6.45) is 3.19. The fraction of sp³-hybridized carbons (Fsp3) is 0.381. The molecule has 2 aliphatic rings. The van der Waals surface area contributed by atoms with Crippen molar-refractivity contribution in [3.8, 4) is 17.2 Å². The molecule has 0 atom stereocenters. The summed E-state index contributed by atoms with van der Waals surface area (Å²) in [6.45, 7) is 1.90. The summed E-state index contributed by atoms with van der Waals surface area (Å²) < 4.78 is 16.2. The van der Waals surface area contributed by atoms with E-state index >= 15 is 0 Å². The molecule has 2 aliphatic heterocycles. The van der Waals surface area contributed by atoms with Crippen LogP contribution in [-0.2, 0) is 11.2 Å². The summed E-state index contributed by atoms with van der Waals surface area (Å²) in [5, 5.41) is 0. The Balaban J connectivity index is 1.23. The lowest BCUT2D eigenvalue weighted by Gasteiger charge is -2.32. The smallest absolute Gasteiger partial charge is 0.260 e. The van der Waals surface area contributed by atoms with E-state index in [4.69, 9.17) is 14.2 Å². The van der Waals surface area contributed by atoms with Gasteiger partial charge in [0.05, 0.1) is 0 Å². The van der Waals surface area contributed by atoms with Crippen LogP contribution in [0.25, 0.3) is 0 Å². The Labute approximate surface area is 153 Å². The third-order valence-corrected chi connectivity index (χ3v) is 5.04. The molecule has 5 nitrogen and oxygen atoms in total. The van der Waals surface area contributed by atoms with Crippen LogP contribution in [0.15, 0.2) is 48.5 Å². The van der Waals surface area contributed by atoms with Crippen molar-refractivity contribution in [1.82, 2.24) is 4.90 Å². The number of piperidine rings is 1. The van der Waals surface area contributed by atoms with Gasteiger partial charge in [0.1, 0.15) is 5.75 Å². The van der Waals surface area contributed by atoms with Crippen LogP contribution >= 0.6 is 0 Å². The molecule has 0 radical (unpaired) electrons. The molecule has 4 rings (SSSR count). The lowest BCUT2D eigenvalue weighted by molar-refractivity contribution is -0.134. The largest absolute Gasteiger partial charge is 0.484 e. The molecule has 0 N–H and O–H groups in total. The van der Waals surface area contributed by atoms with E-state index in [0.717, 1.165) is 32.4 Å². The first kappa shape index (κ1) is 16.8. The number of benzene rings is 2. The molecule has 136 valence electrons. The van der Waals surface area contributed by atoms with Gasteiger partial charge in [-0.15, -0.1) is 0 Å². The maximum atomic E-state index is 12.4. The average molecular weight is 353 g/mol. The molecule has 0 unspecified atom stereocenters. The van der Waals surface area contributed by atoms with Crippen LogP contribution in [0.1, 0.15) is 18.4 Å². The van der Waals surface area contributed by atoms with Crippen LogP contribution in [0.5, 0.6) is 17.2 Å². The summed E-state index contributed by atoms with van der Waals surface area (Å²) in [4.78, 5) is 14.3. The van der Waals surface area contributed by atoms with Crippen molar-refractivity contribution in [3.63, 3.8) is 0 Å². The number of amides is 1. The van der Waals surface area contributed by atoms with E-state index in [2.05, 4.69) is 24.3 Å². The van der Waals surface area contributed by atoms with Crippen molar-refractivity contribution in [2.45, 2.75) is 19.3 Å². The monoisotopic (exact) mass is 353 g/mol. The SMILES string of the molecule is O=C(COc1ccc2c(c1)OCO2)N1CCC(Cc2ccccc2)CC1. The highest BCUT2D eigenvalue weighted by molar-refractivity contribution is 5.77. The summed E-state index contributed by atoms with van der Waals surface area (Å²) in [5.74, 6) is 2.69. The van der Waals surface area contributed by atoms with Gasteiger partial charge in [0.2, 0.25) is 6.79 Å². The van der Waals surface area contributed by atoms with Crippen molar-refractivity contribution in [3.05, 3.63) is 54.1 Å². The number of carbonyl (C=O) groups is 1. The second-order valence-corrected chi connectivity index (χ2v) is 6.82. The number of rotatable bonds is 5. The quantitative estimate of drug-likeness (QED) is 0.828. The minimum atomic E-state index is 0.0424.